The van der Waals surface area contributed by atoms with E-state index in [2.05, 4.69) is 40.0 Å². The van der Waals surface area contributed by atoms with Gasteiger partial charge in [0.25, 0.3) is 0 Å². The first-order valence-corrected chi connectivity index (χ1v) is 10.1. The van der Waals surface area contributed by atoms with Crippen LogP contribution in [0.4, 0.5) is 4.39 Å². The number of nitrogens with one attached hydrogen (secondary N) is 3. The van der Waals surface area contributed by atoms with E-state index in [0.29, 0.717) is 30.5 Å². The van der Waals surface area contributed by atoms with Crippen molar-refractivity contribution in [3.63, 3.8) is 0 Å². The Hall–Kier alpha value is -3.09. The highest BCUT2D eigenvalue weighted by Gasteiger charge is 2.07. The summed E-state index contributed by atoms with van der Waals surface area (Å²) >= 11 is 0. The van der Waals surface area contributed by atoms with E-state index in [9.17, 15) is 9.18 Å². The van der Waals surface area contributed by atoms with Gasteiger partial charge in [0, 0.05) is 26.7 Å². The van der Waals surface area contributed by atoms with Gasteiger partial charge in [-0.2, -0.15) is 0 Å². The third-order valence-corrected chi connectivity index (χ3v) is 4.77. The second-order valence-corrected chi connectivity index (χ2v) is 7.05. The van der Waals surface area contributed by atoms with Gasteiger partial charge in [-0.3, -0.25) is 9.79 Å². The molecule has 6 nitrogen and oxygen atoms in total. The fraction of sp³-hybridized carbons (Fsp3) is 0.391. The Labute approximate surface area is 177 Å². The highest BCUT2D eigenvalue weighted by atomic mass is 19.1. The van der Waals surface area contributed by atoms with Gasteiger partial charge in [-0.1, -0.05) is 31.2 Å². The first-order chi connectivity index (χ1) is 14.5. The van der Waals surface area contributed by atoms with Crippen LogP contribution in [0, 0.1) is 5.82 Å². The summed E-state index contributed by atoms with van der Waals surface area (Å²) in [6.07, 6.45) is 1.12. The molecule has 0 heterocycles. The van der Waals surface area contributed by atoms with E-state index < -0.39 is 0 Å². The summed E-state index contributed by atoms with van der Waals surface area (Å²) < 4.78 is 18.4. The maximum Gasteiger partial charge on any atom is 0.224 e. The molecule has 1 unspecified atom stereocenters. The molecular formula is C23H31FN4O2. The van der Waals surface area contributed by atoms with E-state index >= 15 is 0 Å². The first-order valence-electron chi connectivity index (χ1n) is 10.1. The van der Waals surface area contributed by atoms with Gasteiger partial charge < -0.3 is 20.7 Å². The zero-order valence-electron chi connectivity index (χ0n) is 17.9. The van der Waals surface area contributed by atoms with Gasteiger partial charge in [-0.05, 0) is 47.7 Å². The Morgan fingerprint density at radius 1 is 1.07 bits per heavy atom. The number of methoxy groups -OCH3 is 1. The van der Waals surface area contributed by atoms with Crippen molar-refractivity contribution in [3.8, 4) is 5.75 Å². The molecular weight excluding hydrogens is 383 g/mol. The Balaban J connectivity index is 1.62. The number of hydrogen-bond donors (Lipinski definition) is 3. The van der Waals surface area contributed by atoms with Crippen LogP contribution in [0.2, 0.25) is 0 Å². The number of amides is 1. The van der Waals surface area contributed by atoms with Crippen molar-refractivity contribution in [1.82, 2.24) is 16.0 Å². The third kappa shape index (κ3) is 8.11. The average molecular weight is 415 g/mol. The quantitative estimate of drug-likeness (QED) is 0.318. The molecule has 162 valence electrons. The second-order valence-electron chi connectivity index (χ2n) is 7.05. The summed E-state index contributed by atoms with van der Waals surface area (Å²) in [6.45, 7) is 3.96. The van der Waals surface area contributed by atoms with Crippen LogP contribution < -0.4 is 20.7 Å². The van der Waals surface area contributed by atoms with E-state index in [1.165, 1.54) is 17.7 Å². The Morgan fingerprint density at radius 3 is 2.43 bits per heavy atom. The van der Waals surface area contributed by atoms with E-state index in [4.69, 9.17) is 4.74 Å². The zero-order valence-corrected chi connectivity index (χ0v) is 17.9. The number of halogens is 1. The SMILES string of the molecule is CN=C(NCCNC(=O)Cc1cccc(F)c1)NCCC(C)c1ccc(OC)cc1. The zero-order chi connectivity index (χ0) is 21.8. The van der Waals surface area contributed by atoms with Crippen LogP contribution in [0.25, 0.3) is 0 Å². The normalized spacial score (nSPS) is 12.2. The third-order valence-electron chi connectivity index (χ3n) is 4.77. The molecule has 0 saturated heterocycles. The monoisotopic (exact) mass is 414 g/mol. The summed E-state index contributed by atoms with van der Waals surface area (Å²) in [5.41, 5.74) is 1.92. The number of aliphatic imine (C=N–C) groups is 1. The van der Waals surface area contributed by atoms with E-state index in [1.807, 2.05) is 12.1 Å². The number of nitrogens with zero attached hydrogens (tertiary/aromatic N) is 1. The smallest absolute Gasteiger partial charge is 0.224 e. The highest BCUT2D eigenvalue weighted by molar-refractivity contribution is 5.80. The average Bonchev–Trinajstić information content (AvgIpc) is 2.75. The lowest BCUT2D eigenvalue weighted by Crippen LogP contribution is -2.42. The minimum Gasteiger partial charge on any atom is -0.497 e. The second kappa shape index (κ2) is 12.5. The molecule has 2 aromatic rings. The van der Waals surface area contributed by atoms with Crippen LogP contribution in [0.3, 0.4) is 0 Å². The molecule has 0 aromatic heterocycles. The van der Waals surface area contributed by atoms with Crippen molar-refractivity contribution in [3.05, 3.63) is 65.5 Å². The Kier molecular flexibility index (Phi) is 9.64. The molecule has 0 spiro atoms. The lowest BCUT2D eigenvalue weighted by atomic mass is 9.98. The van der Waals surface area contributed by atoms with E-state index in [-0.39, 0.29) is 18.1 Å². The summed E-state index contributed by atoms with van der Waals surface area (Å²) in [6, 6.07) is 14.2. The molecule has 0 saturated carbocycles. The number of carbonyl (C=O) groups is 1. The highest BCUT2D eigenvalue weighted by Crippen LogP contribution is 2.21. The summed E-state index contributed by atoms with van der Waals surface area (Å²) in [4.78, 5) is 16.1. The number of ether oxygens (including phenoxy) is 1. The Morgan fingerprint density at radius 2 is 1.77 bits per heavy atom. The van der Waals surface area contributed by atoms with Gasteiger partial charge in [-0.25, -0.2) is 4.39 Å². The number of hydrogen-bond acceptors (Lipinski definition) is 3. The van der Waals surface area contributed by atoms with Crippen molar-refractivity contribution in [2.24, 2.45) is 4.99 Å². The van der Waals surface area contributed by atoms with Crippen LogP contribution in [0.15, 0.2) is 53.5 Å². The van der Waals surface area contributed by atoms with Gasteiger partial charge in [-0.15, -0.1) is 0 Å². The molecule has 0 fully saturated rings. The van der Waals surface area contributed by atoms with Crippen molar-refractivity contribution in [2.45, 2.75) is 25.7 Å². The van der Waals surface area contributed by atoms with Gasteiger partial charge >= 0.3 is 0 Å². The van der Waals surface area contributed by atoms with Gasteiger partial charge in [0.15, 0.2) is 5.96 Å². The maximum absolute atomic E-state index is 13.2. The van der Waals surface area contributed by atoms with Crippen LogP contribution in [0.5, 0.6) is 5.75 Å². The van der Waals surface area contributed by atoms with Crippen LogP contribution in [-0.2, 0) is 11.2 Å². The standard InChI is InChI=1S/C23H31FN4O2/c1-17(19-7-9-21(30-3)10-8-19)11-12-27-23(25-2)28-14-13-26-22(29)16-18-5-4-6-20(24)15-18/h4-10,15,17H,11-14,16H2,1-3H3,(H,26,29)(H2,25,27,28). The van der Waals surface area contributed by atoms with Crippen molar-refractivity contribution >= 4 is 11.9 Å². The maximum atomic E-state index is 13.2. The van der Waals surface area contributed by atoms with E-state index in [0.717, 1.165) is 18.7 Å². The predicted octanol–water partition coefficient (Wildman–Crippen LogP) is 2.85. The summed E-state index contributed by atoms with van der Waals surface area (Å²) in [5, 5.41) is 9.28. The first kappa shape index (κ1) is 23.2. The van der Waals surface area contributed by atoms with Crippen molar-refractivity contribution < 1.29 is 13.9 Å². The van der Waals surface area contributed by atoms with Crippen molar-refractivity contribution in [2.75, 3.05) is 33.8 Å². The summed E-state index contributed by atoms with van der Waals surface area (Å²) in [7, 11) is 3.38. The summed E-state index contributed by atoms with van der Waals surface area (Å²) in [5.74, 6) is 1.48. The molecule has 7 heteroatoms. The molecule has 0 aliphatic heterocycles. The van der Waals surface area contributed by atoms with Gasteiger partial charge in [0.05, 0.1) is 13.5 Å². The molecule has 3 N–H and O–H groups in total. The lowest BCUT2D eigenvalue weighted by molar-refractivity contribution is -0.120. The fourth-order valence-electron chi connectivity index (χ4n) is 3.00. The molecule has 30 heavy (non-hydrogen) atoms. The van der Waals surface area contributed by atoms with Crippen LogP contribution >= 0.6 is 0 Å². The van der Waals surface area contributed by atoms with Gasteiger partial charge in [0.2, 0.25) is 5.91 Å². The lowest BCUT2D eigenvalue weighted by Gasteiger charge is -2.15. The van der Waals surface area contributed by atoms with Crippen LogP contribution in [0.1, 0.15) is 30.4 Å². The van der Waals surface area contributed by atoms with Gasteiger partial charge in [0.1, 0.15) is 11.6 Å². The van der Waals surface area contributed by atoms with Crippen LogP contribution in [-0.4, -0.2) is 45.7 Å². The number of rotatable bonds is 10. The number of carbonyl (C=O) groups excluding carboxylic acids is 1. The minimum atomic E-state index is -0.335. The molecule has 1 atom stereocenters. The molecule has 2 aromatic carbocycles. The number of benzene rings is 2. The molecule has 0 aliphatic carbocycles. The minimum absolute atomic E-state index is 0.140. The molecule has 0 bridgehead atoms. The predicted molar refractivity (Wildman–Crippen MR) is 119 cm³/mol. The molecule has 0 radical (unpaired) electrons. The topological polar surface area (TPSA) is 74.8 Å². The molecule has 2 rings (SSSR count). The number of guanidine groups is 1. The molecule has 1 amide bonds. The van der Waals surface area contributed by atoms with Crippen molar-refractivity contribution in [1.29, 1.82) is 0 Å². The largest absolute Gasteiger partial charge is 0.497 e. The molecule has 0 aliphatic rings. The fourth-order valence-corrected chi connectivity index (χ4v) is 3.00. The Bertz CT molecular complexity index is 824. The van der Waals surface area contributed by atoms with E-state index in [1.54, 1.807) is 26.3 Å².